The third-order valence-electron chi connectivity index (χ3n) is 2.94. The minimum atomic E-state index is -0.524. The second-order valence-electron chi connectivity index (χ2n) is 4.56. The van der Waals surface area contributed by atoms with Crippen LogP contribution < -0.4 is 15.2 Å². The van der Waals surface area contributed by atoms with Crippen LogP contribution in [-0.2, 0) is 11.4 Å². The van der Waals surface area contributed by atoms with Crippen LogP contribution >= 0.6 is 0 Å². The fraction of sp³-hybridized carbons (Fsp3) is 0.118. The topological polar surface area (TPSA) is 61.5 Å². The monoisotopic (exact) mass is 301 g/mol. The molecular formula is C17H16FNO3. The number of hydrogen-bond acceptors (Lipinski definition) is 3. The molecule has 0 aliphatic heterocycles. The number of carbonyl (C=O) groups is 1. The fourth-order valence-corrected chi connectivity index (χ4v) is 1.83. The molecule has 2 N–H and O–H groups in total. The number of halogens is 1. The summed E-state index contributed by atoms with van der Waals surface area (Å²) < 4.78 is 23.8. The molecule has 1 amide bonds. The number of rotatable bonds is 6. The van der Waals surface area contributed by atoms with Gasteiger partial charge in [-0.3, -0.25) is 4.79 Å². The fourth-order valence-electron chi connectivity index (χ4n) is 1.83. The zero-order valence-electron chi connectivity index (χ0n) is 12.1. The maximum atomic E-state index is 12.9. The summed E-state index contributed by atoms with van der Waals surface area (Å²) in [6.07, 6.45) is 2.86. The molecule has 0 spiro atoms. The number of benzene rings is 2. The van der Waals surface area contributed by atoms with Gasteiger partial charge in [0.15, 0.2) is 11.5 Å². The summed E-state index contributed by atoms with van der Waals surface area (Å²) in [5.74, 6) is 0.279. The Balaban J connectivity index is 2.15. The van der Waals surface area contributed by atoms with E-state index in [9.17, 15) is 9.18 Å². The van der Waals surface area contributed by atoms with E-state index in [0.717, 1.165) is 11.1 Å². The van der Waals surface area contributed by atoms with E-state index in [1.54, 1.807) is 43.5 Å². The SMILES string of the molecule is COc1ccc(/C=C\C(N)=O)cc1OCc1ccc(F)cc1. The number of ether oxygens (including phenoxy) is 2. The highest BCUT2D eigenvalue weighted by molar-refractivity contribution is 5.90. The molecule has 0 aliphatic rings. The lowest BCUT2D eigenvalue weighted by molar-refractivity contribution is -0.113. The normalized spacial score (nSPS) is 10.6. The van der Waals surface area contributed by atoms with Crippen molar-refractivity contribution in [1.29, 1.82) is 0 Å². The van der Waals surface area contributed by atoms with Gasteiger partial charge in [-0.15, -0.1) is 0 Å². The van der Waals surface area contributed by atoms with E-state index in [2.05, 4.69) is 0 Å². The van der Waals surface area contributed by atoms with Crippen LogP contribution in [0.25, 0.3) is 6.08 Å². The molecule has 4 nitrogen and oxygen atoms in total. The van der Waals surface area contributed by atoms with Crippen molar-refractivity contribution >= 4 is 12.0 Å². The first-order valence-electron chi connectivity index (χ1n) is 6.61. The van der Waals surface area contributed by atoms with Gasteiger partial charge in [0, 0.05) is 6.08 Å². The van der Waals surface area contributed by atoms with Crippen molar-refractivity contribution in [3.8, 4) is 11.5 Å². The van der Waals surface area contributed by atoms with Gasteiger partial charge in [-0.05, 0) is 41.5 Å². The maximum Gasteiger partial charge on any atom is 0.241 e. The third-order valence-corrected chi connectivity index (χ3v) is 2.94. The molecular weight excluding hydrogens is 285 g/mol. The highest BCUT2D eigenvalue weighted by Crippen LogP contribution is 2.29. The average molecular weight is 301 g/mol. The smallest absolute Gasteiger partial charge is 0.241 e. The van der Waals surface area contributed by atoms with E-state index < -0.39 is 5.91 Å². The number of carbonyl (C=O) groups excluding carboxylic acids is 1. The lowest BCUT2D eigenvalue weighted by Crippen LogP contribution is -2.05. The van der Waals surface area contributed by atoms with E-state index in [-0.39, 0.29) is 12.4 Å². The Morgan fingerprint density at radius 2 is 1.91 bits per heavy atom. The number of methoxy groups -OCH3 is 1. The van der Waals surface area contributed by atoms with Gasteiger partial charge in [0.05, 0.1) is 7.11 Å². The Morgan fingerprint density at radius 3 is 2.55 bits per heavy atom. The second-order valence-corrected chi connectivity index (χ2v) is 4.56. The molecule has 5 heteroatoms. The zero-order valence-corrected chi connectivity index (χ0v) is 12.1. The van der Waals surface area contributed by atoms with Gasteiger partial charge in [0.2, 0.25) is 5.91 Å². The van der Waals surface area contributed by atoms with Crippen LogP contribution in [0.15, 0.2) is 48.5 Å². The molecule has 2 rings (SSSR count). The minimum Gasteiger partial charge on any atom is -0.493 e. The molecule has 0 saturated heterocycles. The third kappa shape index (κ3) is 4.34. The number of hydrogen-bond donors (Lipinski definition) is 1. The van der Waals surface area contributed by atoms with E-state index in [1.165, 1.54) is 18.2 Å². The van der Waals surface area contributed by atoms with E-state index >= 15 is 0 Å². The molecule has 0 aliphatic carbocycles. The molecule has 0 bridgehead atoms. The largest absolute Gasteiger partial charge is 0.493 e. The first-order valence-corrected chi connectivity index (χ1v) is 6.61. The predicted molar refractivity (Wildman–Crippen MR) is 82.0 cm³/mol. The Morgan fingerprint density at radius 1 is 1.18 bits per heavy atom. The van der Waals surface area contributed by atoms with Crippen molar-refractivity contribution in [3.63, 3.8) is 0 Å². The van der Waals surface area contributed by atoms with Crippen molar-refractivity contribution in [1.82, 2.24) is 0 Å². The number of amides is 1. The van der Waals surface area contributed by atoms with Crippen LogP contribution in [0.2, 0.25) is 0 Å². The molecule has 0 unspecified atom stereocenters. The lowest BCUT2D eigenvalue weighted by Gasteiger charge is -2.11. The van der Waals surface area contributed by atoms with Crippen LogP contribution in [-0.4, -0.2) is 13.0 Å². The highest BCUT2D eigenvalue weighted by Gasteiger charge is 2.06. The van der Waals surface area contributed by atoms with E-state index in [1.807, 2.05) is 0 Å². The summed E-state index contributed by atoms with van der Waals surface area (Å²) in [5.41, 5.74) is 6.66. The maximum absolute atomic E-state index is 12.9. The van der Waals surface area contributed by atoms with Gasteiger partial charge in [0.25, 0.3) is 0 Å². The van der Waals surface area contributed by atoms with Gasteiger partial charge in [-0.25, -0.2) is 4.39 Å². The molecule has 2 aromatic rings. The quantitative estimate of drug-likeness (QED) is 0.834. The summed E-state index contributed by atoms with van der Waals surface area (Å²) in [6.45, 7) is 0.277. The van der Waals surface area contributed by atoms with Crippen LogP contribution in [0.1, 0.15) is 11.1 Å². The summed E-state index contributed by atoms with van der Waals surface area (Å²) >= 11 is 0. The Labute approximate surface area is 128 Å². The molecule has 2 aromatic carbocycles. The van der Waals surface area contributed by atoms with Crippen molar-refractivity contribution in [2.24, 2.45) is 5.73 Å². The molecule has 0 aromatic heterocycles. The van der Waals surface area contributed by atoms with Gasteiger partial charge >= 0.3 is 0 Å². The van der Waals surface area contributed by atoms with Crippen molar-refractivity contribution < 1.29 is 18.7 Å². The van der Waals surface area contributed by atoms with Crippen LogP contribution in [0.3, 0.4) is 0 Å². The second kappa shape index (κ2) is 7.26. The number of nitrogens with two attached hydrogens (primary N) is 1. The summed E-state index contributed by atoms with van der Waals surface area (Å²) in [6, 6.07) is 11.3. The first kappa shape index (κ1) is 15.6. The number of primary amides is 1. The molecule has 0 saturated carbocycles. The molecule has 0 heterocycles. The molecule has 0 fully saturated rings. The van der Waals surface area contributed by atoms with E-state index in [4.69, 9.17) is 15.2 Å². The van der Waals surface area contributed by atoms with Crippen molar-refractivity contribution in [2.75, 3.05) is 7.11 Å². The van der Waals surface area contributed by atoms with Crippen LogP contribution in [0.4, 0.5) is 4.39 Å². The summed E-state index contributed by atoms with van der Waals surface area (Å²) in [5, 5.41) is 0. The van der Waals surface area contributed by atoms with Crippen LogP contribution in [0, 0.1) is 5.82 Å². The van der Waals surface area contributed by atoms with Crippen molar-refractivity contribution in [3.05, 3.63) is 65.5 Å². The Hall–Kier alpha value is -2.82. The average Bonchev–Trinajstić information content (AvgIpc) is 2.52. The summed E-state index contributed by atoms with van der Waals surface area (Å²) in [4.78, 5) is 10.8. The van der Waals surface area contributed by atoms with E-state index in [0.29, 0.717) is 11.5 Å². The molecule has 0 radical (unpaired) electrons. The zero-order chi connectivity index (χ0) is 15.9. The van der Waals surface area contributed by atoms with Gasteiger partial charge in [0.1, 0.15) is 12.4 Å². The highest BCUT2D eigenvalue weighted by atomic mass is 19.1. The first-order chi connectivity index (χ1) is 10.6. The van der Waals surface area contributed by atoms with Gasteiger partial charge in [-0.1, -0.05) is 18.2 Å². The summed E-state index contributed by atoms with van der Waals surface area (Å²) in [7, 11) is 1.54. The minimum absolute atomic E-state index is 0.277. The molecule has 0 atom stereocenters. The predicted octanol–water partition coefficient (Wildman–Crippen LogP) is 2.91. The van der Waals surface area contributed by atoms with Gasteiger partial charge in [-0.2, -0.15) is 0 Å². The lowest BCUT2D eigenvalue weighted by atomic mass is 10.2. The van der Waals surface area contributed by atoms with Crippen LogP contribution in [0.5, 0.6) is 11.5 Å². The Bertz CT molecular complexity index is 681. The standard InChI is InChI=1S/C17H16FNO3/c1-21-15-8-4-12(5-9-17(19)20)10-16(15)22-11-13-2-6-14(18)7-3-13/h2-10H,11H2,1H3,(H2,19,20)/b9-5-. The Kier molecular flexibility index (Phi) is 5.14. The van der Waals surface area contributed by atoms with Gasteiger partial charge < -0.3 is 15.2 Å². The molecule has 114 valence electrons. The molecule has 22 heavy (non-hydrogen) atoms. The van der Waals surface area contributed by atoms with Crippen molar-refractivity contribution in [2.45, 2.75) is 6.61 Å².